The number of hydrogen-bond donors (Lipinski definition) is 0. The summed E-state index contributed by atoms with van der Waals surface area (Å²) < 4.78 is 11.7. The monoisotopic (exact) mass is 344 g/mol. The largest absolute Gasteiger partial charge is 0.444 e. The van der Waals surface area contributed by atoms with E-state index in [1.165, 1.54) is 18.1 Å². The van der Waals surface area contributed by atoms with Crippen LogP contribution in [0.5, 0.6) is 0 Å². The Morgan fingerprint density at radius 3 is 1.96 bits per heavy atom. The molecule has 1 aliphatic heterocycles. The van der Waals surface area contributed by atoms with Crippen LogP contribution in [-0.2, 0) is 9.16 Å². The minimum Gasteiger partial charge on any atom is -0.444 e. The summed E-state index contributed by atoms with van der Waals surface area (Å²) in [6.07, 6.45) is -0.192. The van der Waals surface area contributed by atoms with Gasteiger partial charge in [0.15, 0.2) is 8.32 Å². The molecule has 1 amide bonds. The molecule has 0 saturated carbocycles. The van der Waals surface area contributed by atoms with Gasteiger partial charge in [0.1, 0.15) is 5.60 Å². The summed E-state index contributed by atoms with van der Waals surface area (Å²) in [5.74, 6) is 0. The van der Waals surface area contributed by atoms with E-state index in [1.54, 1.807) is 0 Å². The van der Waals surface area contributed by atoms with Gasteiger partial charge < -0.3 is 14.1 Å². The molecule has 0 atom stereocenters. The number of carbonyl (C=O) groups excluding carboxylic acids is 1. The molecule has 5 nitrogen and oxygen atoms in total. The van der Waals surface area contributed by atoms with Gasteiger partial charge in [-0.05, 0) is 38.9 Å². The highest BCUT2D eigenvalue weighted by molar-refractivity contribution is 6.73. The summed E-state index contributed by atoms with van der Waals surface area (Å²) in [6, 6.07) is 3.60. The maximum Gasteiger partial charge on any atom is 0.410 e. The molecule has 23 heavy (non-hydrogen) atoms. The Morgan fingerprint density at radius 2 is 1.52 bits per heavy atom. The average Bonchev–Trinajstić information content (AvgIpc) is 2.51. The second kappa shape index (κ2) is 9.04. The van der Waals surface area contributed by atoms with Crippen LogP contribution in [0.4, 0.5) is 4.79 Å². The predicted molar refractivity (Wildman–Crippen MR) is 97.4 cm³/mol. The molecule has 0 bridgehead atoms. The van der Waals surface area contributed by atoms with E-state index < -0.39 is 13.9 Å². The molecule has 0 unspecified atom stereocenters. The van der Waals surface area contributed by atoms with Gasteiger partial charge in [0.2, 0.25) is 0 Å². The van der Waals surface area contributed by atoms with Crippen molar-refractivity contribution in [3.05, 3.63) is 0 Å². The molecule has 0 N–H and O–H groups in total. The minimum atomic E-state index is -1.47. The fraction of sp³-hybridized carbons (Fsp3) is 0.941. The van der Waals surface area contributed by atoms with E-state index in [0.29, 0.717) is 0 Å². The van der Waals surface area contributed by atoms with Crippen LogP contribution in [0.3, 0.4) is 0 Å². The highest BCUT2D eigenvalue weighted by Gasteiger charge is 2.29. The van der Waals surface area contributed by atoms with Crippen LogP contribution in [-0.4, -0.2) is 69.1 Å². The van der Waals surface area contributed by atoms with Crippen molar-refractivity contribution in [1.29, 1.82) is 0 Å². The Labute approximate surface area is 143 Å². The molecular weight excluding hydrogens is 308 g/mol. The van der Waals surface area contributed by atoms with Crippen molar-refractivity contribution in [3.8, 4) is 0 Å². The van der Waals surface area contributed by atoms with Crippen LogP contribution in [0, 0.1) is 0 Å². The second-order valence-electron chi connectivity index (χ2n) is 7.40. The van der Waals surface area contributed by atoms with Gasteiger partial charge >= 0.3 is 6.09 Å². The molecule has 0 radical (unpaired) electrons. The summed E-state index contributed by atoms with van der Waals surface area (Å²) in [4.78, 5) is 16.2. The van der Waals surface area contributed by atoms with Crippen molar-refractivity contribution >= 4 is 14.4 Å². The van der Waals surface area contributed by atoms with Crippen LogP contribution in [0.15, 0.2) is 0 Å². The van der Waals surface area contributed by atoms with Gasteiger partial charge in [-0.3, -0.25) is 4.90 Å². The highest BCUT2D eigenvalue weighted by Crippen LogP contribution is 2.21. The Morgan fingerprint density at radius 1 is 1.00 bits per heavy atom. The molecule has 6 heteroatoms. The highest BCUT2D eigenvalue weighted by atomic mass is 28.4. The normalized spacial score (nSPS) is 17.4. The van der Waals surface area contributed by atoms with Gasteiger partial charge in [-0.2, -0.15) is 0 Å². The van der Waals surface area contributed by atoms with Crippen LogP contribution >= 0.6 is 0 Å². The fourth-order valence-corrected chi connectivity index (χ4v) is 5.56. The van der Waals surface area contributed by atoms with E-state index in [1.807, 2.05) is 25.7 Å². The molecule has 1 aliphatic rings. The first-order chi connectivity index (χ1) is 10.7. The summed E-state index contributed by atoms with van der Waals surface area (Å²) in [6.45, 7) is 17.6. The van der Waals surface area contributed by atoms with E-state index in [-0.39, 0.29) is 6.09 Å². The van der Waals surface area contributed by atoms with Crippen molar-refractivity contribution in [2.45, 2.75) is 65.3 Å². The number of hydrogen-bond acceptors (Lipinski definition) is 4. The fourth-order valence-electron chi connectivity index (χ4n) is 2.93. The Kier molecular flexibility index (Phi) is 8.04. The van der Waals surface area contributed by atoms with Crippen LogP contribution in [0.1, 0.15) is 41.5 Å². The van der Waals surface area contributed by atoms with Gasteiger partial charge in [0.05, 0.1) is 0 Å². The zero-order chi connectivity index (χ0) is 17.5. The van der Waals surface area contributed by atoms with Crippen LogP contribution in [0.25, 0.3) is 0 Å². The number of nitrogens with zero attached hydrogens (tertiary/aromatic N) is 2. The molecule has 0 spiro atoms. The second-order valence-corrected chi connectivity index (χ2v) is 12.2. The van der Waals surface area contributed by atoms with Gasteiger partial charge in [-0.15, -0.1) is 0 Å². The molecule has 1 saturated heterocycles. The zero-order valence-corrected chi connectivity index (χ0v) is 17.0. The average molecular weight is 345 g/mol. The first-order valence-electron chi connectivity index (χ1n) is 9.09. The van der Waals surface area contributed by atoms with Crippen molar-refractivity contribution in [2.24, 2.45) is 0 Å². The maximum absolute atomic E-state index is 12.0. The Balaban J connectivity index is 2.30. The summed E-state index contributed by atoms with van der Waals surface area (Å²) in [7, 11) is -1.47. The number of rotatable bonds is 7. The lowest BCUT2D eigenvalue weighted by atomic mass is 10.2. The lowest BCUT2D eigenvalue weighted by Crippen LogP contribution is -2.51. The molecular formula is C17H36N2O3Si. The molecule has 1 rings (SSSR count). The third-order valence-corrected chi connectivity index (χ3v) is 9.46. The minimum absolute atomic E-state index is 0.192. The number of amides is 1. The maximum atomic E-state index is 12.0. The van der Waals surface area contributed by atoms with Gasteiger partial charge in [0.25, 0.3) is 0 Å². The lowest BCUT2D eigenvalue weighted by Gasteiger charge is -2.36. The van der Waals surface area contributed by atoms with E-state index >= 15 is 0 Å². The Hall–Kier alpha value is -0.593. The van der Waals surface area contributed by atoms with Crippen molar-refractivity contribution in [3.63, 3.8) is 0 Å². The number of ether oxygens (including phenoxy) is 1. The topological polar surface area (TPSA) is 42.0 Å². The number of piperazine rings is 1. The standard InChI is InChI=1S/C17H36N2O3Si/c1-7-23(8-2,9-3)21-15-14-18-10-12-19(13-11-18)16(20)22-17(4,5)6/h7-15H2,1-6H3. The van der Waals surface area contributed by atoms with Gasteiger partial charge in [0, 0.05) is 39.3 Å². The van der Waals surface area contributed by atoms with Crippen LogP contribution < -0.4 is 0 Å². The third-order valence-electron chi connectivity index (χ3n) is 4.77. The van der Waals surface area contributed by atoms with Gasteiger partial charge in [-0.1, -0.05) is 20.8 Å². The molecule has 0 aliphatic carbocycles. The van der Waals surface area contributed by atoms with E-state index in [9.17, 15) is 4.79 Å². The number of carbonyl (C=O) groups is 1. The quantitative estimate of drug-likeness (QED) is 0.662. The summed E-state index contributed by atoms with van der Waals surface area (Å²) in [5.41, 5.74) is -0.420. The summed E-state index contributed by atoms with van der Waals surface area (Å²) in [5, 5.41) is 0. The van der Waals surface area contributed by atoms with Gasteiger partial charge in [-0.25, -0.2) is 4.79 Å². The van der Waals surface area contributed by atoms with Crippen molar-refractivity contribution < 1.29 is 14.0 Å². The van der Waals surface area contributed by atoms with Crippen molar-refractivity contribution in [1.82, 2.24) is 9.80 Å². The first-order valence-corrected chi connectivity index (χ1v) is 11.6. The molecule has 0 aromatic carbocycles. The van der Waals surface area contributed by atoms with E-state index in [0.717, 1.165) is 39.3 Å². The molecule has 0 aromatic rings. The van der Waals surface area contributed by atoms with Crippen molar-refractivity contribution in [2.75, 3.05) is 39.3 Å². The van der Waals surface area contributed by atoms with Crippen LogP contribution in [0.2, 0.25) is 18.1 Å². The molecule has 0 aromatic heterocycles. The third kappa shape index (κ3) is 6.81. The SMILES string of the molecule is CC[Si](CC)(CC)OCCN1CCN(C(=O)OC(C)(C)C)CC1. The Bertz CT molecular complexity index is 351. The smallest absolute Gasteiger partial charge is 0.410 e. The molecule has 136 valence electrons. The molecule has 1 heterocycles. The van der Waals surface area contributed by atoms with E-state index in [2.05, 4.69) is 25.7 Å². The first kappa shape index (κ1) is 20.5. The predicted octanol–water partition coefficient (Wildman–Crippen LogP) is 3.56. The summed E-state index contributed by atoms with van der Waals surface area (Å²) >= 11 is 0. The van der Waals surface area contributed by atoms with E-state index in [4.69, 9.17) is 9.16 Å². The lowest BCUT2D eigenvalue weighted by molar-refractivity contribution is 0.0136. The zero-order valence-electron chi connectivity index (χ0n) is 16.0. The molecule has 1 fully saturated rings.